The highest BCUT2D eigenvalue weighted by Crippen LogP contribution is 2.28. The molecule has 1 atom stereocenters. The molecule has 1 unspecified atom stereocenters. The first-order valence-electron chi connectivity index (χ1n) is 5.67. The summed E-state index contributed by atoms with van der Waals surface area (Å²) < 4.78 is 0. The van der Waals surface area contributed by atoms with Crippen molar-refractivity contribution in [1.29, 1.82) is 0 Å². The highest BCUT2D eigenvalue weighted by Gasteiger charge is 2.28. The number of primary amides is 1. The Morgan fingerprint density at radius 3 is 3.00 bits per heavy atom. The van der Waals surface area contributed by atoms with Crippen LogP contribution in [0.1, 0.15) is 18.9 Å². The number of carbonyl (C=O) groups excluding carboxylic acids is 1. The van der Waals surface area contributed by atoms with Crippen molar-refractivity contribution in [2.24, 2.45) is 11.7 Å². The second kappa shape index (κ2) is 4.87. The number of nitrogens with zero attached hydrogens (tertiary/aromatic N) is 3. The summed E-state index contributed by atoms with van der Waals surface area (Å²) >= 11 is 6.04. The van der Waals surface area contributed by atoms with Crippen molar-refractivity contribution in [2.75, 3.05) is 18.0 Å². The molecular weight excluding hydrogens is 240 g/mol. The monoisotopic (exact) mass is 254 g/mol. The number of hydrogen-bond donors (Lipinski definition) is 1. The molecule has 1 saturated heterocycles. The largest absolute Gasteiger partial charge is 0.369 e. The maximum absolute atomic E-state index is 11.1. The molecule has 2 rings (SSSR count). The van der Waals surface area contributed by atoms with Crippen LogP contribution in [-0.2, 0) is 11.2 Å². The summed E-state index contributed by atoms with van der Waals surface area (Å²) in [7, 11) is 0. The molecule has 0 bridgehead atoms. The van der Waals surface area contributed by atoms with Crippen LogP contribution >= 0.6 is 11.6 Å². The van der Waals surface area contributed by atoms with E-state index in [0.29, 0.717) is 11.7 Å². The van der Waals surface area contributed by atoms with Gasteiger partial charge in [-0.1, -0.05) is 18.5 Å². The van der Waals surface area contributed by atoms with E-state index >= 15 is 0 Å². The number of carbonyl (C=O) groups is 1. The Morgan fingerprint density at radius 1 is 1.65 bits per heavy atom. The van der Waals surface area contributed by atoms with Gasteiger partial charge >= 0.3 is 0 Å². The quantitative estimate of drug-likeness (QED) is 0.817. The van der Waals surface area contributed by atoms with Crippen LogP contribution in [0.25, 0.3) is 0 Å². The lowest BCUT2D eigenvalue weighted by atomic mass is 10.1. The minimum Gasteiger partial charge on any atom is -0.369 e. The number of hydrogen-bond acceptors (Lipinski definition) is 4. The van der Waals surface area contributed by atoms with Crippen molar-refractivity contribution in [1.82, 2.24) is 9.97 Å². The predicted molar refractivity (Wildman–Crippen MR) is 65.9 cm³/mol. The molecule has 17 heavy (non-hydrogen) atoms. The van der Waals surface area contributed by atoms with Crippen LogP contribution in [0.2, 0.25) is 5.15 Å². The van der Waals surface area contributed by atoms with Gasteiger partial charge in [0.25, 0.3) is 0 Å². The van der Waals surface area contributed by atoms with Crippen molar-refractivity contribution < 1.29 is 4.79 Å². The lowest BCUT2D eigenvalue weighted by Gasteiger charge is -2.20. The van der Waals surface area contributed by atoms with Gasteiger partial charge in [-0.3, -0.25) is 4.79 Å². The molecule has 2 N–H and O–H groups in total. The SMILES string of the molecule is CCc1c(Cl)ncnc1N1CCC(C(N)=O)C1. The Labute approximate surface area is 105 Å². The highest BCUT2D eigenvalue weighted by atomic mass is 35.5. The summed E-state index contributed by atoms with van der Waals surface area (Å²) in [4.78, 5) is 21.4. The van der Waals surface area contributed by atoms with Gasteiger partial charge in [0, 0.05) is 18.7 Å². The van der Waals surface area contributed by atoms with Crippen LogP contribution < -0.4 is 10.6 Å². The molecule has 1 fully saturated rings. The highest BCUT2D eigenvalue weighted by molar-refractivity contribution is 6.30. The van der Waals surface area contributed by atoms with Crippen molar-refractivity contribution in [2.45, 2.75) is 19.8 Å². The first-order chi connectivity index (χ1) is 8.13. The molecule has 0 aliphatic carbocycles. The summed E-state index contributed by atoms with van der Waals surface area (Å²) in [5.74, 6) is 0.496. The molecule has 92 valence electrons. The smallest absolute Gasteiger partial charge is 0.222 e. The Balaban J connectivity index is 2.24. The zero-order chi connectivity index (χ0) is 12.4. The normalized spacial score (nSPS) is 19.6. The summed E-state index contributed by atoms with van der Waals surface area (Å²) in [5.41, 5.74) is 6.24. The van der Waals surface area contributed by atoms with Crippen LogP contribution in [-0.4, -0.2) is 29.0 Å². The molecule has 0 aromatic carbocycles. The molecule has 1 aliphatic rings. The average molecular weight is 255 g/mol. The Bertz CT molecular complexity index is 437. The third-order valence-corrected chi connectivity index (χ3v) is 3.44. The Morgan fingerprint density at radius 2 is 2.41 bits per heavy atom. The molecule has 5 nitrogen and oxygen atoms in total. The van der Waals surface area contributed by atoms with Crippen molar-refractivity contribution in [3.63, 3.8) is 0 Å². The molecule has 0 radical (unpaired) electrons. The van der Waals surface area contributed by atoms with Gasteiger partial charge in [0.05, 0.1) is 5.92 Å². The number of amides is 1. The third-order valence-electron chi connectivity index (χ3n) is 3.11. The first-order valence-corrected chi connectivity index (χ1v) is 6.05. The summed E-state index contributed by atoms with van der Waals surface area (Å²) in [6.07, 6.45) is 3.00. The molecule has 0 spiro atoms. The Hall–Kier alpha value is -1.36. The second-order valence-electron chi connectivity index (χ2n) is 4.15. The molecule has 0 saturated carbocycles. The van der Waals surface area contributed by atoms with E-state index in [-0.39, 0.29) is 11.8 Å². The van der Waals surface area contributed by atoms with Gasteiger partial charge in [-0.2, -0.15) is 0 Å². The average Bonchev–Trinajstić information content (AvgIpc) is 2.77. The van der Waals surface area contributed by atoms with E-state index < -0.39 is 0 Å². The van der Waals surface area contributed by atoms with Crippen molar-refractivity contribution in [3.05, 3.63) is 17.0 Å². The zero-order valence-corrected chi connectivity index (χ0v) is 10.4. The van der Waals surface area contributed by atoms with Crippen LogP contribution in [0.3, 0.4) is 0 Å². The van der Waals surface area contributed by atoms with E-state index in [0.717, 1.165) is 30.8 Å². The maximum Gasteiger partial charge on any atom is 0.222 e. The fraction of sp³-hybridized carbons (Fsp3) is 0.545. The molecule has 1 aromatic heterocycles. The van der Waals surface area contributed by atoms with E-state index in [1.807, 2.05) is 6.92 Å². The predicted octanol–water partition coefficient (Wildman–Crippen LogP) is 1.00. The van der Waals surface area contributed by atoms with Gasteiger partial charge in [0.2, 0.25) is 5.91 Å². The zero-order valence-electron chi connectivity index (χ0n) is 9.69. The van der Waals surface area contributed by atoms with Crippen LogP contribution in [0, 0.1) is 5.92 Å². The van der Waals surface area contributed by atoms with E-state index in [1.54, 1.807) is 0 Å². The topological polar surface area (TPSA) is 72.1 Å². The molecule has 2 heterocycles. The second-order valence-corrected chi connectivity index (χ2v) is 4.51. The van der Waals surface area contributed by atoms with Gasteiger partial charge in [0.1, 0.15) is 17.3 Å². The van der Waals surface area contributed by atoms with E-state index in [4.69, 9.17) is 17.3 Å². The van der Waals surface area contributed by atoms with Gasteiger partial charge in [-0.05, 0) is 12.8 Å². The molecule has 1 amide bonds. The lowest BCUT2D eigenvalue weighted by Crippen LogP contribution is -2.28. The number of anilines is 1. The van der Waals surface area contributed by atoms with E-state index in [9.17, 15) is 4.79 Å². The summed E-state index contributed by atoms with van der Waals surface area (Å²) in [6, 6.07) is 0. The first kappa shape index (κ1) is 12.1. The number of nitrogens with two attached hydrogens (primary N) is 1. The van der Waals surface area contributed by atoms with Crippen molar-refractivity contribution >= 4 is 23.3 Å². The van der Waals surface area contributed by atoms with Crippen LogP contribution in [0.15, 0.2) is 6.33 Å². The molecule has 1 aromatic rings. The number of aromatic nitrogens is 2. The van der Waals surface area contributed by atoms with E-state index in [1.165, 1.54) is 6.33 Å². The third kappa shape index (κ3) is 2.34. The maximum atomic E-state index is 11.1. The molecular formula is C11H15ClN4O. The molecule has 6 heteroatoms. The van der Waals surface area contributed by atoms with Crippen LogP contribution in [0.5, 0.6) is 0 Å². The van der Waals surface area contributed by atoms with Crippen LogP contribution in [0.4, 0.5) is 5.82 Å². The van der Waals surface area contributed by atoms with Crippen molar-refractivity contribution in [3.8, 4) is 0 Å². The minimum absolute atomic E-state index is 0.0894. The van der Waals surface area contributed by atoms with E-state index in [2.05, 4.69) is 14.9 Å². The van der Waals surface area contributed by atoms with Gasteiger partial charge in [-0.15, -0.1) is 0 Å². The summed E-state index contributed by atoms with van der Waals surface area (Å²) in [6.45, 7) is 3.42. The Kier molecular flexibility index (Phi) is 3.47. The van der Waals surface area contributed by atoms with Gasteiger partial charge < -0.3 is 10.6 Å². The number of halogens is 1. The number of rotatable bonds is 3. The standard InChI is InChI=1S/C11H15ClN4O/c1-2-8-9(12)14-6-15-11(8)16-4-3-7(5-16)10(13)17/h6-7H,2-5H2,1H3,(H2,13,17). The van der Waals surface area contributed by atoms with Gasteiger partial charge in [0.15, 0.2) is 0 Å². The fourth-order valence-corrected chi connectivity index (χ4v) is 2.41. The fourth-order valence-electron chi connectivity index (χ4n) is 2.14. The lowest BCUT2D eigenvalue weighted by molar-refractivity contribution is -0.121. The minimum atomic E-state index is -0.245. The molecule has 1 aliphatic heterocycles. The van der Waals surface area contributed by atoms with Gasteiger partial charge in [-0.25, -0.2) is 9.97 Å². The summed E-state index contributed by atoms with van der Waals surface area (Å²) in [5, 5.41) is 0.486.